The van der Waals surface area contributed by atoms with E-state index in [-0.39, 0.29) is 0 Å². The van der Waals surface area contributed by atoms with Gasteiger partial charge in [0.15, 0.2) is 11.6 Å². The normalized spacial score (nSPS) is 10.1. The predicted molar refractivity (Wildman–Crippen MR) is 45.0 cm³/mol. The second kappa shape index (κ2) is 3.82. The van der Waals surface area contributed by atoms with Crippen LogP contribution < -0.4 is 0 Å². The van der Waals surface area contributed by atoms with E-state index in [1.807, 2.05) is 0 Å². The Labute approximate surface area is 86.7 Å². The summed E-state index contributed by atoms with van der Waals surface area (Å²) < 4.78 is 25.7. The summed E-state index contributed by atoms with van der Waals surface area (Å²) in [5.74, 6) is -8.15. The summed E-state index contributed by atoms with van der Waals surface area (Å²) in [4.78, 5) is 21.1. The third kappa shape index (κ3) is 1.89. The highest BCUT2D eigenvalue weighted by Crippen LogP contribution is 2.31. The van der Waals surface area contributed by atoms with Crippen LogP contribution in [0.5, 0.6) is 5.75 Å². The maximum atomic E-state index is 13.0. The fourth-order valence-corrected chi connectivity index (χ4v) is 1.09. The van der Waals surface area contributed by atoms with Crippen molar-refractivity contribution in [2.24, 2.45) is 0 Å². The number of aromatic hydroxyl groups is 1. The summed E-state index contributed by atoms with van der Waals surface area (Å²) in [5, 5.41) is 16.7. The van der Waals surface area contributed by atoms with E-state index >= 15 is 0 Å². The maximum absolute atomic E-state index is 13.0. The smallest absolute Gasteiger partial charge is 0.377 e. The van der Waals surface area contributed by atoms with Gasteiger partial charge in [0.05, 0.1) is 5.02 Å². The Bertz CT molecular complexity index is 432. The lowest BCUT2D eigenvalue weighted by Crippen LogP contribution is -2.15. The minimum Gasteiger partial charge on any atom is -0.505 e. The maximum Gasteiger partial charge on any atom is 0.377 e. The first kappa shape index (κ1) is 11.4. The van der Waals surface area contributed by atoms with E-state index in [0.717, 1.165) is 0 Å². The van der Waals surface area contributed by atoms with Crippen molar-refractivity contribution in [2.45, 2.75) is 0 Å². The van der Waals surface area contributed by atoms with E-state index in [4.69, 9.17) is 21.8 Å². The first-order chi connectivity index (χ1) is 6.86. The second-order valence-electron chi connectivity index (χ2n) is 2.51. The largest absolute Gasteiger partial charge is 0.505 e. The molecular weight excluding hydrogens is 234 g/mol. The Balaban J connectivity index is 3.53. The zero-order valence-electron chi connectivity index (χ0n) is 6.92. The van der Waals surface area contributed by atoms with Crippen LogP contribution in [0.4, 0.5) is 8.78 Å². The molecule has 15 heavy (non-hydrogen) atoms. The number of hydrogen-bond acceptors (Lipinski definition) is 3. The molecule has 0 saturated heterocycles. The molecule has 0 amide bonds. The zero-order chi connectivity index (χ0) is 11.7. The molecule has 0 radical (unpaired) electrons. The van der Waals surface area contributed by atoms with Crippen LogP contribution in [0.2, 0.25) is 5.02 Å². The van der Waals surface area contributed by atoms with E-state index in [0.29, 0.717) is 6.07 Å². The molecule has 0 saturated carbocycles. The summed E-state index contributed by atoms with van der Waals surface area (Å²) in [6, 6.07) is 0.435. The monoisotopic (exact) mass is 236 g/mol. The predicted octanol–water partition coefficient (Wildman–Crippen LogP) is 1.59. The molecule has 0 aromatic heterocycles. The molecule has 1 aromatic rings. The van der Waals surface area contributed by atoms with Gasteiger partial charge in [-0.15, -0.1) is 0 Å². The highest BCUT2D eigenvalue weighted by Gasteiger charge is 2.27. The Kier molecular flexibility index (Phi) is 2.90. The van der Waals surface area contributed by atoms with Gasteiger partial charge in [0.2, 0.25) is 0 Å². The molecule has 0 fully saturated rings. The third-order valence-corrected chi connectivity index (χ3v) is 1.86. The first-order valence-corrected chi connectivity index (χ1v) is 3.88. The number of rotatable bonds is 2. The third-order valence-electron chi connectivity index (χ3n) is 1.57. The number of aliphatic carboxylic acids is 1. The van der Waals surface area contributed by atoms with Gasteiger partial charge in [0, 0.05) is 0 Å². The molecule has 2 N–H and O–H groups in total. The van der Waals surface area contributed by atoms with Gasteiger partial charge in [-0.05, 0) is 6.07 Å². The highest BCUT2D eigenvalue weighted by molar-refractivity contribution is 6.42. The molecule has 1 rings (SSSR count). The van der Waals surface area contributed by atoms with Crippen molar-refractivity contribution in [3.05, 3.63) is 28.3 Å². The number of phenols is 1. The Hall–Kier alpha value is -1.69. The number of carbonyl (C=O) groups excluding carboxylic acids is 1. The lowest BCUT2D eigenvalue weighted by molar-refractivity contribution is -0.131. The molecule has 0 aliphatic heterocycles. The number of Topliss-reactive ketones (excluding diaryl/α,β-unsaturated/α-hetero) is 1. The Morgan fingerprint density at radius 2 is 1.87 bits per heavy atom. The van der Waals surface area contributed by atoms with Crippen LogP contribution in [-0.2, 0) is 4.79 Å². The number of carbonyl (C=O) groups is 2. The van der Waals surface area contributed by atoms with E-state index < -0.39 is 39.7 Å². The van der Waals surface area contributed by atoms with Gasteiger partial charge in [-0.1, -0.05) is 11.6 Å². The number of hydrogen-bond donors (Lipinski definition) is 2. The van der Waals surface area contributed by atoms with Crippen molar-refractivity contribution >= 4 is 23.4 Å². The van der Waals surface area contributed by atoms with Crippen molar-refractivity contribution in [1.29, 1.82) is 0 Å². The molecular formula is C8H3ClF2O4. The molecule has 80 valence electrons. The average molecular weight is 237 g/mol. The summed E-state index contributed by atoms with van der Waals surface area (Å²) in [6.45, 7) is 0. The molecule has 0 bridgehead atoms. The summed E-state index contributed by atoms with van der Waals surface area (Å²) in [7, 11) is 0. The lowest BCUT2D eigenvalue weighted by atomic mass is 10.1. The van der Waals surface area contributed by atoms with E-state index in [9.17, 15) is 18.4 Å². The van der Waals surface area contributed by atoms with E-state index in [2.05, 4.69) is 0 Å². The van der Waals surface area contributed by atoms with Crippen LogP contribution in [0.25, 0.3) is 0 Å². The topological polar surface area (TPSA) is 74.6 Å². The van der Waals surface area contributed by atoms with Gasteiger partial charge in [-0.3, -0.25) is 4.79 Å². The van der Waals surface area contributed by atoms with Crippen molar-refractivity contribution < 1.29 is 28.6 Å². The van der Waals surface area contributed by atoms with Gasteiger partial charge in [-0.2, -0.15) is 0 Å². The minimum absolute atomic E-state index is 0.435. The van der Waals surface area contributed by atoms with Gasteiger partial charge in [0.1, 0.15) is 11.3 Å². The van der Waals surface area contributed by atoms with Crippen LogP contribution in [-0.4, -0.2) is 22.0 Å². The molecule has 0 atom stereocenters. The van der Waals surface area contributed by atoms with Crippen LogP contribution in [0.15, 0.2) is 6.07 Å². The van der Waals surface area contributed by atoms with Crippen LogP contribution in [0, 0.1) is 11.6 Å². The quantitative estimate of drug-likeness (QED) is 0.465. The summed E-state index contributed by atoms with van der Waals surface area (Å²) in [5.41, 5.74) is -1.28. The first-order valence-electron chi connectivity index (χ1n) is 3.50. The van der Waals surface area contributed by atoms with Crippen molar-refractivity contribution in [2.75, 3.05) is 0 Å². The number of phenolic OH excluding ortho intramolecular Hbond substituents is 1. The van der Waals surface area contributed by atoms with Crippen LogP contribution in [0.3, 0.4) is 0 Å². The summed E-state index contributed by atoms with van der Waals surface area (Å²) >= 11 is 5.24. The van der Waals surface area contributed by atoms with Crippen LogP contribution in [0.1, 0.15) is 10.4 Å². The molecule has 0 unspecified atom stereocenters. The molecule has 0 heterocycles. The number of ketones is 1. The zero-order valence-corrected chi connectivity index (χ0v) is 7.68. The molecule has 0 aliphatic carbocycles. The van der Waals surface area contributed by atoms with Crippen molar-refractivity contribution in [3.8, 4) is 5.75 Å². The number of benzene rings is 1. The highest BCUT2D eigenvalue weighted by atomic mass is 35.5. The van der Waals surface area contributed by atoms with Gasteiger partial charge >= 0.3 is 5.97 Å². The van der Waals surface area contributed by atoms with Crippen LogP contribution >= 0.6 is 11.6 Å². The molecule has 0 aliphatic rings. The number of carboxylic acids is 1. The molecule has 0 spiro atoms. The SMILES string of the molecule is O=C(O)C(=O)c1c(O)c(Cl)cc(F)c1F. The second-order valence-corrected chi connectivity index (χ2v) is 2.92. The van der Waals surface area contributed by atoms with Crippen molar-refractivity contribution in [1.82, 2.24) is 0 Å². The lowest BCUT2D eigenvalue weighted by Gasteiger charge is -2.04. The van der Waals surface area contributed by atoms with Gasteiger partial charge in [-0.25, -0.2) is 13.6 Å². The fraction of sp³-hybridized carbons (Fsp3) is 0. The fourth-order valence-electron chi connectivity index (χ4n) is 0.900. The van der Waals surface area contributed by atoms with E-state index in [1.54, 1.807) is 0 Å². The van der Waals surface area contributed by atoms with Gasteiger partial charge in [0.25, 0.3) is 5.78 Å². The minimum atomic E-state index is -2.02. The number of halogens is 3. The Morgan fingerprint density at radius 3 is 2.33 bits per heavy atom. The molecule has 1 aromatic carbocycles. The van der Waals surface area contributed by atoms with Gasteiger partial charge < -0.3 is 10.2 Å². The summed E-state index contributed by atoms with van der Waals surface area (Å²) in [6.07, 6.45) is 0. The van der Waals surface area contributed by atoms with E-state index in [1.165, 1.54) is 0 Å². The molecule has 4 nitrogen and oxygen atoms in total. The average Bonchev–Trinajstić information content (AvgIpc) is 2.15. The van der Waals surface area contributed by atoms with Crippen molar-refractivity contribution in [3.63, 3.8) is 0 Å². The number of carboxylic acid groups (broad SMARTS) is 1. The Morgan fingerprint density at radius 1 is 1.33 bits per heavy atom. The molecule has 7 heteroatoms. The standard InChI is InChI=1S/C8H3ClF2O4/c9-2-1-3(10)5(11)4(6(2)12)7(13)8(14)15/h1,12H,(H,14,15).